The number of para-hydroxylation sites is 4. The molecule has 236 valence electrons. The first-order valence-corrected chi connectivity index (χ1v) is 17.1. The van der Waals surface area contributed by atoms with Gasteiger partial charge in [-0.15, -0.1) is 11.3 Å². The molecule has 0 atom stereocenters. The lowest BCUT2D eigenvalue weighted by Crippen LogP contribution is -2.16. The molecule has 0 amide bonds. The number of oxazole rings is 1. The van der Waals surface area contributed by atoms with Crippen LogP contribution < -0.4 is 4.74 Å². The maximum Gasteiger partial charge on any atom is 0.227 e. The molecule has 0 spiro atoms. The van der Waals surface area contributed by atoms with Crippen LogP contribution in [0.2, 0.25) is 0 Å². The first-order chi connectivity index (χ1) is 24.7. The highest BCUT2D eigenvalue weighted by molar-refractivity contribution is 7.26. The first kappa shape index (κ1) is 28.5. The Morgan fingerprint density at radius 2 is 1.26 bits per heavy atom. The molecule has 6 aromatic carbocycles. The predicted molar refractivity (Wildman–Crippen MR) is 200 cm³/mol. The van der Waals surface area contributed by atoms with Crippen molar-refractivity contribution >= 4 is 54.0 Å². The Bertz CT molecular complexity index is 2750. The number of nitrogens with zero attached hydrogens (tertiary/aromatic N) is 5. The van der Waals surface area contributed by atoms with E-state index in [4.69, 9.17) is 34.1 Å². The molecule has 0 saturated heterocycles. The molecule has 1 aliphatic rings. The minimum atomic E-state index is 0.319. The maximum absolute atomic E-state index is 6.27. The van der Waals surface area contributed by atoms with Gasteiger partial charge in [0, 0.05) is 48.0 Å². The summed E-state index contributed by atoms with van der Waals surface area (Å²) in [6, 6.07) is 46.6. The van der Waals surface area contributed by atoms with Crippen LogP contribution in [-0.2, 0) is 0 Å². The first-order valence-electron chi connectivity index (χ1n) is 16.3. The van der Waals surface area contributed by atoms with Gasteiger partial charge in [0.1, 0.15) is 23.6 Å². The number of fused-ring (bicyclic) bond motifs is 5. The molecule has 0 N–H and O–H groups in total. The summed E-state index contributed by atoms with van der Waals surface area (Å²) in [5, 5.41) is 2.40. The minimum Gasteiger partial charge on any atom is -0.485 e. The highest BCUT2D eigenvalue weighted by Crippen LogP contribution is 2.40. The average Bonchev–Trinajstić information content (AvgIpc) is 3.80. The van der Waals surface area contributed by atoms with Gasteiger partial charge in [0.2, 0.25) is 5.89 Å². The van der Waals surface area contributed by atoms with Gasteiger partial charge in [-0.2, -0.15) is 0 Å². The zero-order valence-corrected chi connectivity index (χ0v) is 27.3. The average molecular weight is 664 g/mol. The van der Waals surface area contributed by atoms with E-state index in [1.165, 1.54) is 15.5 Å². The van der Waals surface area contributed by atoms with E-state index >= 15 is 0 Å². The standard InChI is InChI=1S/C42H25N5O2S/c1-2-11-25(12-3-1)39-45-40(47-41(46-39)31-15-10-14-30-29-13-4-9-20-37(29)50-38(30)31)27-21-26(34-24-48-35-18-7-5-16-32(35)43-34)22-28(23-27)42-44-33-17-6-8-19-36(33)49-42/h1-23H,24H2. The quantitative estimate of drug-likeness (QED) is 0.182. The van der Waals surface area contributed by atoms with Gasteiger partial charge in [0.15, 0.2) is 23.1 Å². The second kappa shape index (κ2) is 11.6. The summed E-state index contributed by atoms with van der Waals surface area (Å²) in [5.41, 5.74) is 7.36. The lowest BCUT2D eigenvalue weighted by atomic mass is 10.0. The molecule has 0 radical (unpaired) electrons. The fourth-order valence-electron chi connectivity index (χ4n) is 6.45. The Balaban J connectivity index is 1.21. The Kier molecular flexibility index (Phi) is 6.60. The summed E-state index contributed by atoms with van der Waals surface area (Å²) in [4.78, 5) is 25.2. The van der Waals surface area contributed by atoms with E-state index in [2.05, 4.69) is 48.5 Å². The van der Waals surface area contributed by atoms with Crippen molar-refractivity contribution in [3.05, 3.63) is 145 Å². The van der Waals surface area contributed by atoms with E-state index in [0.29, 0.717) is 35.6 Å². The molecule has 0 aliphatic carbocycles. The molecule has 0 fully saturated rings. The third-order valence-corrected chi connectivity index (χ3v) is 10.1. The van der Waals surface area contributed by atoms with E-state index in [1.807, 2.05) is 91.0 Å². The van der Waals surface area contributed by atoms with Gasteiger partial charge in [-0.25, -0.2) is 24.9 Å². The van der Waals surface area contributed by atoms with Crippen molar-refractivity contribution in [1.29, 1.82) is 0 Å². The fraction of sp³-hybridized carbons (Fsp3) is 0.0238. The maximum atomic E-state index is 6.27. The molecule has 9 aromatic rings. The monoisotopic (exact) mass is 663 g/mol. The summed E-state index contributed by atoms with van der Waals surface area (Å²) in [6.07, 6.45) is 0. The molecule has 8 heteroatoms. The van der Waals surface area contributed by atoms with Crippen molar-refractivity contribution in [1.82, 2.24) is 19.9 Å². The van der Waals surface area contributed by atoms with E-state index < -0.39 is 0 Å². The van der Waals surface area contributed by atoms with Crippen molar-refractivity contribution in [2.45, 2.75) is 0 Å². The predicted octanol–water partition coefficient (Wildman–Crippen LogP) is 10.6. The largest absolute Gasteiger partial charge is 0.485 e. The third-order valence-electron chi connectivity index (χ3n) is 8.86. The molecule has 10 rings (SSSR count). The molecular formula is C42H25N5O2S. The van der Waals surface area contributed by atoms with Crippen LogP contribution in [0.5, 0.6) is 5.75 Å². The SMILES string of the molecule is c1ccc(-c2nc(-c3cc(C4=Nc5ccccc5OC4)cc(-c4nc5ccccc5o4)c3)nc(-c3cccc4c3sc3ccccc34)n2)cc1. The Labute approximate surface area is 290 Å². The van der Waals surface area contributed by atoms with Crippen LogP contribution in [-0.4, -0.2) is 32.3 Å². The molecule has 4 heterocycles. The van der Waals surface area contributed by atoms with E-state index in [-0.39, 0.29) is 0 Å². The zero-order chi connectivity index (χ0) is 33.0. The number of rotatable bonds is 5. The molecule has 3 aromatic heterocycles. The summed E-state index contributed by atoms with van der Waals surface area (Å²) in [7, 11) is 0. The second-order valence-electron chi connectivity index (χ2n) is 12.1. The molecule has 1 aliphatic heterocycles. The smallest absolute Gasteiger partial charge is 0.227 e. The van der Waals surface area contributed by atoms with Gasteiger partial charge in [-0.05, 0) is 54.6 Å². The number of ether oxygens (including phenoxy) is 1. The van der Waals surface area contributed by atoms with Crippen LogP contribution in [0.1, 0.15) is 5.56 Å². The lowest BCUT2D eigenvalue weighted by Gasteiger charge is -2.18. The lowest BCUT2D eigenvalue weighted by molar-refractivity contribution is 0.373. The van der Waals surface area contributed by atoms with Gasteiger partial charge in [0.25, 0.3) is 0 Å². The van der Waals surface area contributed by atoms with Gasteiger partial charge in [-0.3, -0.25) is 0 Å². The van der Waals surface area contributed by atoms with Crippen LogP contribution in [0, 0.1) is 0 Å². The van der Waals surface area contributed by atoms with Crippen molar-refractivity contribution in [2.24, 2.45) is 4.99 Å². The van der Waals surface area contributed by atoms with Crippen LogP contribution >= 0.6 is 11.3 Å². The number of aliphatic imine (C=N–C) groups is 1. The molecule has 50 heavy (non-hydrogen) atoms. The van der Waals surface area contributed by atoms with E-state index in [9.17, 15) is 0 Å². The number of thiophene rings is 1. The number of hydrogen-bond donors (Lipinski definition) is 0. The molecule has 0 saturated carbocycles. The summed E-state index contributed by atoms with van der Waals surface area (Å²) in [6.45, 7) is 0.319. The molecular weight excluding hydrogens is 639 g/mol. The molecule has 7 nitrogen and oxygen atoms in total. The zero-order valence-electron chi connectivity index (χ0n) is 26.4. The van der Waals surface area contributed by atoms with Crippen LogP contribution in [0.15, 0.2) is 149 Å². The van der Waals surface area contributed by atoms with Crippen LogP contribution in [0.4, 0.5) is 5.69 Å². The minimum absolute atomic E-state index is 0.319. The highest BCUT2D eigenvalue weighted by atomic mass is 32.1. The fourth-order valence-corrected chi connectivity index (χ4v) is 7.66. The summed E-state index contributed by atoms with van der Waals surface area (Å²) in [5.74, 6) is 2.98. The van der Waals surface area contributed by atoms with Gasteiger partial charge in [0.05, 0.1) is 5.71 Å². The van der Waals surface area contributed by atoms with Crippen molar-refractivity contribution in [3.8, 4) is 51.4 Å². The van der Waals surface area contributed by atoms with Gasteiger partial charge >= 0.3 is 0 Å². The normalized spacial score (nSPS) is 12.6. The van der Waals surface area contributed by atoms with Crippen LogP contribution in [0.25, 0.3) is 76.9 Å². The number of aromatic nitrogens is 4. The third kappa shape index (κ3) is 4.93. The van der Waals surface area contributed by atoms with Crippen molar-refractivity contribution in [3.63, 3.8) is 0 Å². The Morgan fingerprint density at radius 1 is 0.540 bits per heavy atom. The number of hydrogen-bond acceptors (Lipinski definition) is 8. The van der Waals surface area contributed by atoms with E-state index in [1.54, 1.807) is 11.3 Å². The Morgan fingerprint density at radius 3 is 2.18 bits per heavy atom. The summed E-state index contributed by atoms with van der Waals surface area (Å²) < 4.78 is 14.8. The van der Waals surface area contributed by atoms with Gasteiger partial charge in [-0.1, -0.05) is 84.9 Å². The van der Waals surface area contributed by atoms with E-state index in [0.717, 1.165) is 55.2 Å². The van der Waals surface area contributed by atoms with Gasteiger partial charge < -0.3 is 9.15 Å². The van der Waals surface area contributed by atoms with Crippen molar-refractivity contribution < 1.29 is 9.15 Å². The summed E-state index contributed by atoms with van der Waals surface area (Å²) >= 11 is 1.75. The highest BCUT2D eigenvalue weighted by Gasteiger charge is 2.21. The van der Waals surface area contributed by atoms with Crippen LogP contribution in [0.3, 0.4) is 0 Å². The van der Waals surface area contributed by atoms with Crippen molar-refractivity contribution in [2.75, 3.05) is 6.61 Å². The second-order valence-corrected chi connectivity index (χ2v) is 13.1. The molecule has 0 unspecified atom stereocenters. The Hall–Kier alpha value is -6.51. The topological polar surface area (TPSA) is 86.3 Å². The molecule has 0 bridgehead atoms. The number of benzene rings is 6.